The summed E-state index contributed by atoms with van der Waals surface area (Å²) in [6.07, 6.45) is 0.940. The monoisotopic (exact) mass is 292 g/mol. The maximum Gasteiger partial charge on any atom is 0.243 e. The molecule has 1 saturated heterocycles. The van der Waals surface area contributed by atoms with Crippen molar-refractivity contribution in [2.75, 3.05) is 14.2 Å². The van der Waals surface area contributed by atoms with Gasteiger partial charge in [-0.2, -0.15) is 0 Å². The van der Waals surface area contributed by atoms with Crippen LogP contribution in [0.4, 0.5) is 0 Å². The van der Waals surface area contributed by atoms with Crippen LogP contribution in [-0.4, -0.2) is 32.1 Å². The highest BCUT2D eigenvalue weighted by molar-refractivity contribution is 5.90. The molecule has 2 unspecified atom stereocenters. The van der Waals surface area contributed by atoms with Crippen LogP contribution in [0.25, 0.3) is 0 Å². The maximum absolute atomic E-state index is 12.1. The molecule has 0 aliphatic carbocycles. The molecule has 1 heterocycles. The van der Waals surface area contributed by atoms with Gasteiger partial charge in [-0.25, -0.2) is 0 Å². The summed E-state index contributed by atoms with van der Waals surface area (Å²) in [5.74, 6) is 1.09. The summed E-state index contributed by atoms with van der Waals surface area (Å²) in [5.41, 5.74) is 0.857. The van der Waals surface area contributed by atoms with E-state index in [1.165, 1.54) is 0 Å². The summed E-state index contributed by atoms with van der Waals surface area (Å²) in [4.78, 5) is 23.3. The predicted molar refractivity (Wildman–Crippen MR) is 77.3 cm³/mol. The van der Waals surface area contributed by atoms with E-state index in [-0.39, 0.29) is 17.9 Å². The Balaban J connectivity index is 2.07. The Morgan fingerprint density at radius 1 is 1.38 bits per heavy atom. The highest BCUT2D eigenvalue weighted by Gasteiger charge is 2.28. The lowest BCUT2D eigenvalue weighted by molar-refractivity contribution is -0.126. The number of hydrogen-bond donors (Lipinski definition) is 2. The third kappa shape index (κ3) is 3.45. The van der Waals surface area contributed by atoms with Crippen molar-refractivity contribution in [1.82, 2.24) is 10.6 Å². The van der Waals surface area contributed by atoms with Gasteiger partial charge in [0.25, 0.3) is 0 Å². The minimum atomic E-state index is -0.441. The topological polar surface area (TPSA) is 76.7 Å². The molecule has 0 aromatic heterocycles. The summed E-state index contributed by atoms with van der Waals surface area (Å²) in [6, 6.07) is 4.78. The van der Waals surface area contributed by atoms with Crippen molar-refractivity contribution in [3.05, 3.63) is 23.8 Å². The van der Waals surface area contributed by atoms with Crippen LogP contribution in [0.15, 0.2) is 18.2 Å². The van der Waals surface area contributed by atoms with Crippen LogP contribution in [0, 0.1) is 0 Å². The Kier molecular flexibility index (Phi) is 4.67. The Hall–Kier alpha value is -2.24. The molecule has 1 aliphatic heterocycles. The molecule has 2 atom stereocenters. The van der Waals surface area contributed by atoms with Crippen molar-refractivity contribution in [3.63, 3.8) is 0 Å². The number of benzene rings is 1. The van der Waals surface area contributed by atoms with Crippen LogP contribution in [0.5, 0.6) is 11.5 Å². The molecule has 2 amide bonds. The second-order valence-corrected chi connectivity index (χ2v) is 5.00. The first-order chi connectivity index (χ1) is 10.0. The van der Waals surface area contributed by atoms with Gasteiger partial charge in [0.15, 0.2) is 0 Å². The van der Waals surface area contributed by atoms with Crippen molar-refractivity contribution in [3.8, 4) is 11.5 Å². The summed E-state index contributed by atoms with van der Waals surface area (Å²) in [5, 5.41) is 5.55. The van der Waals surface area contributed by atoms with Gasteiger partial charge in [-0.3, -0.25) is 9.59 Å². The third-order valence-corrected chi connectivity index (χ3v) is 3.58. The van der Waals surface area contributed by atoms with E-state index < -0.39 is 6.04 Å². The summed E-state index contributed by atoms with van der Waals surface area (Å²) in [6.45, 7) is 1.87. The molecule has 21 heavy (non-hydrogen) atoms. The molecular weight excluding hydrogens is 272 g/mol. The zero-order valence-corrected chi connectivity index (χ0v) is 12.4. The fourth-order valence-electron chi connectivity index (χ4n) is 2.38. The molecule has 0 radical (unpaired) electrons. The first kappa shape index (κ1) is 15.2. The van der Waals surface area contributed by atoms with E-state index in [1.54, 1.807) is 20.3 Å². The van der Waals surface area contributed by atoms with E-state index in [9.17, 15) is 9.59 Å². The van der Waals surface area contributed by atoms with Gasteiger partial charge in [0.1, 0.15) is 17.5 Å². The van der Waals surface area contributed by atoms with Crippen LogP contribution in [0.3, 0.4) is 0 Å². The molecule has 1 aromatic rings. The van der Waals surface area contributed by atoms with E-state index in [2.05, 4.69) is 10.6 Å². The van der Waals surface area contributed by atoms with Gasteiger partial charge >= 0.3 is 0 Å². The van der Waals surface area contributed by atoms with Crippen molar-refractivity contribution < 1.29 is 19.1 Å². The van der Waals surface area contributed by atoms with E-state index in [4.69, 9.17) is 9.47 Å². The largest absolute Gasteiger partial charge is 0.497 e. The van der Waals surface area contributed by atoms with Crippen LogP contribution >= 0.6 is 0 Å². The number of carbonyl (C=O) groups is 2. The number of amides is 2. The molecule has 1 aromatic carbocycles. The van der Waals surface area contributed by atoms with Crippen molar-refractivity contribution in [1.29, 1.82) is 0 Å². The van der Waals surface area contributed by atoms with Crippen LogP contribution in [0.2, 0.25) is 0 Å². The number of nitrogens with one attached hydrogen (secondary N) is 2. The molecule has 6 nitrogen and oxygen atoms in total. The number of carbonyl (C=O) groups excluding carboxylic acids is 2. The van der Waals surface area contributed by atoms with E-state index >= 15 is 0 Å². The summed E-state index contributed by atoms with van der Waals surface area (Å²) < 4.78 is 10.5. The molecule has 0 bridgehead atoms. The zero-order chi connectivity index (χ0) is 15.4. The van der Waals surface area contributed by atoms with Crippen LogP contribution < -0.4 is 20.1 Å². The molecule has 0 saturated carbocycles. The maximum atomic E-state index is 12.1. The van der Waals surface area contributed by atoms with Gasteiger partial charge in [0.05, 0.1) is 20.3 Å². The molecule has 0 spiro atoms. The second kappa shape index (κ2) is 6.47. The first-order valence-corrected chi connectivity index (χ1v) is 6.86. The average Bonchev–Trinajstić information content (AvgIpc) is 2.93. The average molecular weight is 292 g/mol. The van der Waals surface area contributed by atoms with Gasteiger partial charge < -0.3 is 20.1 Å². The highest BCUT2D eigenvalue weighted by atomic mass is 16.5. The number of rotatable bonds is 5. The van der Waals surface area contributed by atoms with Gasteiger partial charge in [-0.15, -0.1) is 0 Å². The molecule has 2 rings (SSSR count). The first-order valence-electron chi connectivity index (χ1n) is 6.86. The van der Waals surface area contributed by atoms with Gasteiger partial charge in [-0.1, -0.05) is 0 Å². The fraction of sp³-hybridized carbons (Fsp3) is 0.467. The SMILES string of the molecule is COc1ccc(C(C)NC(=O)C2CCC(=O)N2)c(OC)c1. The van der Waals surface area contributed by atoms with E-state index in [0.717, 1.165) is 5.56 Å². The van der Waals surface area contributed by atoms with Gasteiger partial charge in [-0.05, 0) is 25.5 Å². The molecule has 1 aliphatic rings. The Labute approximate surface area is 123 Å². The fourth-order valence-corrected chi connectivity index (χ4v) is 2.38. The lowest BCUT2D eigenvalue weighted by Gasteiger charge is -2.20. The minimum absolute atomic E-state index is 0.0789. The lowest BCUT2D eigenvalue weighted by Crippen LogP contribution is -2.42. The van der Waals surface area contributed by atoms with Gasteiger partial charge in [0, 0.05) is 18.1 Å². The molecule has 6 heteroatoms. The Bertz CT molecular complexity index is 544. The minimum Gasteiger partial charge on any atom is -0.497 e. The summed E-state index contributed by atoms with van der Waals surface area (Å²) >= 11 is 0. The van der Waals surface area contributed by atoms with Crippen LogP contribution in [0.1, 0.15) is 31.4 Å². The van der Waals surface area contributed by atoms with Crippen molar-refractivity contribution in [2.24, 2.45) is 0 Å². The second-order valence-electron chi connectivity index (χ2n) is 5.00. The van der Waals surface area contributed by atoms with Gasteiger partial charge in [0.2, 0.25) is 11.8 Å². The number of hydrogen-bond acceptors (Lipinski definition) is 4. The van der Waals surface area contributed by atoms with Crippen LogP contribution in [-0.2, 0) is 9.59 Å². The van der Waals surface area contributed by atoms with Crippen molar-refractivity contribution >= 4 is 11.8 Å². The molecule has 1 fully saturated rings. The normalized spacial score (nSPS) is 18.8. The van der Waals surface area contributed by atoms with E-state index in [0.29, 0.717) is 24.3 Å². The smallest absolute Gasteiger partial charge is 0.243 e. The molecular formula is C15H20N2O4. The summed E-state index contributed by atoms with van der Waals surface area (Å²) in [7, 11) is 3.16. The van der Waals surface area contributed by atoms with Crippen molar-refractivity contribution in [2.45, 2.75) is 31.8 Å². The highest BCUT2D eigenvalue weighted by Crippen LogP contribution is 2.29. The number of ether oxygens (including phenoxy) is 2. The zero-order valence-electron chi connectivity index (χ0n) is 12.4. The molecule has 114 valence electrons. The standard InChI is InChI=1S/C15H20N2O4/c1-9(16-15(19)12-6-7-14(18)17-12)11-5-4-10(20-2)8-13(11)21-3/h4-5,8-9,12H,6-7H2,1-3H3,(H,16,19)(H,17,18). The predicted octanol–water partition coefficient (Wildman–Crippen LogP) is 1.16. The third-order valence-electron chi connectivity index (χ3n) is 3.58. The molecule has 2 N–H and O–H groups in total. The Morgan fingerprint density at radius 2 is 2.14 bits per heavy atom. The lowest BCUT2D eigenvalue weighted by atomic mass is 10.1. The quantitative estimate of drug-likeness (QED) is 0.854. The number of methoxy groups -OCH3 is 2. The van der Waals surface area contributed by atoms with E-state index in [1.807, 2.05) is 19.1 Å². The Morgan fingerprint density at radius 3 is 2.71 bits per heavy atom.